The number of rotatable bonds is 6. The van der Waals surface area contributed by atoms with Gasteiger partial charge in [-0.15, -0.1) is 0 Å². The van der Waals surface area contributed by atoms with E-state index in [1.165, 1.54) is 18.2 Å². The Bertz CT molecular complexity index is 1390. The van der Waals surface area contributed by atoms with Crippen LogP contribution in [-0.4, -0.2) is 22.0 Å². The van der Waals surface area contributed by atoms with Gasteiger partial charge in [0.1, 0.15) is 11.6 Å². The minimum Gasteiger partial charge on any atom is -0.331 e. The predicted octanol–water partition coefficient (Wildman–Crippen LogP) is 8.07. The monoisotopic (exact) mass is 513 g/mol. The zero-order valence-corrected chi connectivity index (χ0v) is 21.8. The molecule has 4 aromatic rings. The topological polar surface area (TPSA) is 45.2 Å². The second-order valence-electron chi connectivity index (χ2n) is 10.3. The molecule has 0 bridgehead atoms. The zero-order valence-electron chi connectivity index (χ0n) is 21.8. The first-order valence-corrected chi connectivity index (χ1v) is 13.3. The Morgan fingerprint density at radius 1 is 0.868 bits per heavy atom. The van der Waals surface area contributed by atoms with Gasteiger partial charge in [0.25, 0.3) is 0 Å². The maximum atomic E-state index is 14.0. The molecule has 0 aliphatic heterocycles. The molecule has 0 unspecified atom stereocenters. The number of benzene rings is 3. The van der Waals surface area contributed by atoms with Crippen LogP contribution in [-0.2, 0) is 0 Å². The molecule has 6 heteroatoms. The van der Waals surface area contributed by atoms with Gasteiger partial charge in [-0.3, -0.25) is 4.98 Å². The molecular formula is C32H33F2N3O. The van der Waals surface area contributed by atoms with Gasteiger partial charge in [0, 0.05) is 17.6 Å². The van der Waals surface area contributed by atoms with Crippen molar-refractivity contribution in [3.05, 3.63) is 113 Å². The Hall–Kier alpha value is -3.80. The van der Waals surface area contributed by atoms with E-state index < -0.39 is 0 Å². The summed E-state index contributed by atoms with van der Waals surface area (Å²) >= 11 is 0. The molecule has 1 heterocycles. The van der Waals surface area contributed by atoms with Gasteiger partial charge >= 0.3 is 6.03 Å². The number of pyridine rings is 1. The number of halogens is 2. The van der Waals surface area contributed by atoms with Crippen LogP contribution in [0.2, 0.25) is 0 Å². The summed E-state index contributed by atoms with van der Waals surface area (Å²) in [6.45, 7) is 3.99. The summed E-state index contributed by atoms with van der Waals surface area (Å²) in [4.78, 5) is 20.2. The summed E-state index contributed by atoms with van der Waals surface area (Å²) in [5.74, 6) is -0.267. The highest BCUT2D eigenvalue weighted by Crippen LogP contribution is 2.39. The third kappa shape index (κ3) is 5.54. The fraction of sp³-hybridized carbons (Fsp3) is 0.312. The maximum Gasteiger partial charge on any atom is 0.318 e. The summed E-state index contributed by atoms with van der Waals surface area (Å²) in [5, 5.41) is 4.02. The number of urea groups is 1. The van der Waals surface area contributed by atoms with E-state index >= 15 is 0 Å². The van der Waals surface area contributed by atoms with Crippen LogP contribution in [0.5, 0.6) is 0 Å². The average Bonchev–Trinajstić information content (AvgIpc) is 2.94. The van der Waals surface area contributed by atoms with Gasteiger partial charge < -0.3 is 10.2 Å². The molecule has 1 aliphatic rings. The van der Waals surface area contributed by atoms with Crippen molar-refractivity contribution in [2.45, 2.75) is 63.6 Å². The van der Waals surface area contributed by atoms with Crippen molar-refractivity contribution in [3.8, 4) is 0 Å². The molecule has 4 nitrogen and oxygen atoms in total. The minimum absolute atomic E-state index is 0.0618. The fourth-order valence-electron chi connectivity index (χ4n) is 5.81. The minimum atomic E-state index is -0.298. The van der Waals surface area contributed by atoms with Crippen LogP contribution >= 0.6 is 0 Å². The first-order chi connectivity index (χ1) is 18.4. The molecule has 0 spiro atoms. The van der Waals surface area contributed by atoms with E-state index in [9.17, 15) is 13.6 Å². The Kier molecular flexibility index (Phi) is 7.68. The van der Waals surface area contributed by atoms with E-state index in [1.807, 2.05) is 36.1 Å². The van der Waals surface area contributed by atoms with E-state index in [0.29, 0.717) is 0 Å². The Morgan fingerprint density at radius 3 is 2.26 bits per heavy atom. The summed E-state index contributed by atoms with van der Waals surface area (Å²) in [6.07, 6.45) is 5.30. The van der Waals surface area contributed by atoms with E-state index in [2.05, 4.69) is 29.4 Å². The molecular weight excluding hydrogens is 480 g/mol. The smallest absolute Gasteiger partial charge is 0.318 e. The Morgan fingerprint density at radius 2 is 1.55 bits per heavy atom. The lowest BCUT2D eigenvalue weighted by Crippen LogP contribution is -2.49. The Labute approximate surface area is 222 Å². The van der Waals surface area contributed by atoms with Crippen LogP contribution in [0.3, 0.4) is 0 Å². The van der Waals surface area contributed by atoms with Gasteiger partial charge in [0.15, 0.2) is 0 Å². The summed E-state index contributed by atoms with van der Waals surface area (Å²) < 4.78 is 27.5. The third-order valence-electron chi connectivity index (χ3n) is 7.91. The van der Waals surface area contributed by atoms with E-state index in [-0.39, 0.29) is 41.7 Å². The number of hydrogen-bond donors (Lipinski definition) is 1. The van der Waals surface area contributed by atoms with Crippen LogP contribution in [0.25, 0.3) is 10.9 Å². The van der Waals surface area contributed by atoms with Crippen molar-refractivity contribution in [1.82, 2.24) is 15.2 Å². The quantitative estimate of drug-likeness (QED) is 0.283. The van der Waals surface area contributed by atoms with Crippen molar-refractivity contribution >= 4 is 16.9 Å². The molecule has 1 aliphatic carbocycles. The summed E-state index contributed by atoms with van der Waals surface area (Å²) in [6, 6.07) is 22.6. The van der Waals surface area contributed by atoms with Crippen molar-refractivity contribution < 1.29 is 13.6 Å². The lowest BCUT2D eigenvalue weighted by molar-refractivity contribution is 0.123. The number of carbonyl (C=O) groups excluding carboxylic acids is 1. The number of aromatic nitrogens is 1. The number of nitrogens with zero attached hydrogens (tertiary/aromatic N) is 2. The van der Waals surface area contributed by atoms with Gasteiger partial charge in [-0.05, 0) is 98.5 Å². The molecule has 3 aromatic carbocycles. The first-order valence-electron chi connectivity index (χ1n) is 13.3. The molecule has 5 rings (SSSR count). The number of amides is 2. The van der Waals surface area contributed by atoms with Gasteiger partial charge in [0.2, 0.25) is 0 Å². The standard InChI is InChI=1S/C32H33F2N3O/c1-21(23-8-12-26(33)13-9-23)36-32(38)37(22(2)24-6-4-3-5-7-24)28-15-10-25(11-16-28)29-18-19-35-31-17-14-27(34)20-30(29)31/h3-9,12-14,17-22,25,28H,10-11,15-16H2,1-2H3,(H,36,38)/t21-,22-,25-,28-/m1/s1. The van der Waals surface area contributed by atoms with Crippen molar-refractivity contribution in [1.29, 1.82) is 0 Å². The van der Waals surface area contributed by atoms with Gasteiger partial charge in [-0.1, -0.05) is 42.5 Å². The second-order valence-corrected chi connectivity index (χ2v) is 10.3. The van der Waals surface area contributed by atoms with Crippen LogP contribution in [0, 0.1) is 11.6 Å². The van der Waals surface area contributed by atoms with Gasteiger partial charge in [-0.25, -0.2) is 13.6 Å². The molecule has 38 heavy (non-hydrogen) atoms. The predicted molar refractivity (Wildman–Crippen MR) is 147 cm³/mol. The molecule has 1 fully saturated rings. The normalized spacial score (nSPS) is 19.1. The third-order valence-corrected chi connectivity index (χ3v) is 7.91. The first kappa shape index (κ1) is 25.8. The highest BCUT2D eigenvalue weighted by Gasteiger charge is 2.34. The number of hydrogen-bond acceptors (Lipinski definition) is 2. The average molecular weight is 514 g/mol. The van der Waals surface area contributed by atoms with Crippen molar-refractivity contribution in [2.24, 2.45) is 0 Å². The SMILES string of the molecule is C[C@H](c1ccccc1)N(C(=O)N[C@H](C)c1ccc(F)cc1)[C@H]1CC[C@H](c2ccnc3ccc(F)cc32)CC1. The molecule has 196 valence electrons. The molecule has 0 radical (unpaired) electrons. The van der Waals surface area contributed by atoms with Gasteiger partial charge in [-0.2, -0.15) is 0 Å². The summed E-state index contributed by atoms with van der Waals surface area (Å²) in [5.41, 5.74) is 3.87. The van der Waals surface area contributed by atoms with Gasteiger partial charge in [0.05, 0.1) is 17.6 Å². The maximum absolute atomic E-state index is 14.0. The van der Waals surface area contributed by atoms with Crippen LogP contribution in [0.1, 0.15) is 74.2 Å². The molecule has 1 saturated carbocycles. The van der Waals surface area contributed by atoms with E-state index in [1.54, 1.807) is 30.5 Å². The lowest BCUT2D eigenvalue weighted by atomic mass is 9.80. The van der Waals surface area contributed by atoms with E-state index in [0.717, 1.165) is 53.3 Å². The molecule has 0 saturated heterocycles. The lowest BCUT2D eigenvalue weighted by Gasteiger charge is -2.41. The molecule has 1 aromatic heterocycles. The highest BCUT2D eigenvalue weighted by atomic mass is 19.1. The fourth-order valence-corrected chi connectivity index (χ4v) is 5.81. The van der Waals surface area contributed by atoms with Crippen LogP contribution in [0.15, 0.2) is 85.1 Å². The number of nitrogens with one attached hydrogen (secondary N) is 1. The number of carbonyl (C=O) groups is 1. The largest absolute Gasteiger partial charge is 0.331 e. The molecule has 1 N–H and O–H groups in total. The molecule has 2 atom stereocenters. The van der Waals surface area contributed by atoms with Crippen LogP contribution in [0.4, 0.5) is 13.6 Å². The Balaban J connectivity index is 1.36. The zero-order chi connectivity index (χ0) is 26.6. The summed E-state index contributed by atoms with van der Waals surface area (Å²) in [7, 11) is 0. The van der Waals surface area contributed by atoms with Crippen molar-refractivity contribution in [3.63, 3.8) is 0 Å². The molecule has 2 amide bonds. The second kappa shape index (κ2) is 11.3. The van der Waals surface area contributed by atoms with Crippen LogP contribution < -0.4 is 5.32 Å². The number of fused-ring (bicyclic) bond motifs is 1. The van der Waals surface area contributed by atoms with E-state index in [4.69, 9.17) is 0 Å². The van der Waals surface area contributed by atoms with Crippen molar-refractivity contribution in [2.75, 3.05) is 0 Å². The highest BCUT2D eigenvalue weighted by molar-refractivity contribution is 5.82.